The quantitative estimate of drug-likeness (QED) is 0.295. The molecule has 0 unspecified atom stereocenters. The predicted octanol–water partition coefficient (Wildman–Crippen LogP) is 5.48. The highest BCUT2D eigenvalue weighted by Crippen LogP contribution is 2.33. The van der Waals surface area contributed by atoms with Crippen molar-refractivity contribution in [2.75, 3.05) is 43.9 Å². The molecule has 2 aromatic heterocycles. The number of halogens is 3. The lowest BCUT2D eigenvalue weighted by Gasteiger charge is -2.32. The van der Waals surface area contributed by atoms with Gasteiger partial charge in [-0.3, -0.25) is 9.69 Å². The fraction of sp³-hybridized carbons (Fsp3) is 0.367. The second kappa shape index (κ2) is 11.9. The van der Waals surface area contributed by atoms with Gasteiger partial charge in [0, 0.05) is 69.0 Å². The maximum atomic E-state index is 13.8. The van der Waals surface area contributed by atoms with Crippen molar-refractivity contribution >= 4 is 23.1 Å². The number of carbonyl (C=O) groups excluding carboxylic acids is 1. The summed E-state index contributed by atoms with van der Waals surface area (Å²) >= 11 is 0. The normalized spacial score (nSPS) is 15.0. The average Bonchev–Trinajstić information content (AvgIpc) is 3.35. The standard InChI is InChI=1S/C30H34F3N7O/c1-20(2)26-6-5-22(15-23(26)18-35-27-17-28-34-7-4-8-40(28)37-27)29(41)36-25-14-21(13-24(16-25)30(31,32)33)19-39-11-9-38(3)10-12-39/h4-8,13-17,20H,9-12,18-19H2,1-3H3,(H,35,37)(H,36,41). The molecule has 2 N–H and O–H groups in total. The van der Waals surface area contributed by atoms with Crippen molar-refractivity contribution in [3.8, 4) is 0 Å². The first-order chi connectivity index (χ1) is 19.5. The summed E-state index contributed by atoms with van der Waals surface area (Å²) in [5.74, 6) is 0.376. The van der Waals surface area contributed by atoms with E-state index in [9.17, 15) is 18.0 Å². The zero-order valence-corrected chi connectivity index (χ0v) is 23.4. The second-order valence-corrected chi connectivity index (χ2v) is 10.8. The van der Waals surface area contributed by atoms with Crippen LogP contribution in [-0.2, 0) is 19.3 Å². The molecule has 216 valence electrons. The van der Waals surface area contributed by atoms with Crippen molar-refractivity contribution < 1.29 is 18.0 Å². The molecule has 3 heterocycles. The Morgan fingerprint density at radius 1 is 1.05 bits per heavy atom. The molecule has 0 bridgehead atoms. The number of rotatable bonds is 8. The lowest BCUT2D eigenvalue weighted by atomic mass is 9.95. The van der Waals surface area contributed by atoms with Crippen molar-refractivity contribution in [2.24, 2.45) is 0 Å². The fourth-order valence-electron chi connectivity index (χ4n) is 5.05. The molecule has 11 heteroatoms. The maximum Gasteiger partial charge on any atom is 0.416 e. The second-order valence-electron chi connectivity index (χ2n) is 10.8. The summed E-state index contributed by atoms with van der Waals surface area (Å²) in [4.78, 5) is 21.9. The van der Waals surface area contributed by atoms with Crippen LogP contribution in [0.3, 0.4) is 0 Å². The van der Waals surface area contributed by atoms with Gasteiger partial charge in [-0.1, -0.05) is 19.9 Å². The Kier molecular flexibility index (Phi) is 8.27. The Bertz CT molecular complexity index is 1490. The highest BCUT2D eigenvalue weighted by molar-refractivity contribution is 6.04. The van der Waals surface area contributed by atoms with Crippen LogP contribution in [0.2, 0.25) is 0 Å². The molecule has 1 amide bonds. The van der Waals surface area contributed by atoms with Gasteiger partial charge >= 0.3 is 6.18 Å². The van der Waals surface area contributed by atoms with E-state index in [2.05, 4.69) is 44.4 Å². The first-order valence-corrected chi connectivity index (χ1v) is 13.7. The number of benzene rings is 2. The molecular formula is C30H34F3N7O. The first kappa shape index (κ1) is 28.6. The molecule has 0 atom stereocenters. The molecule has 0 aliphatic carbocycles. The van der Waals surface area contributed by atoms with Crippen LogP contribution in [0.25, 0.3) is 5.65 Å². The van der Waals surface area contributed by atoms with Crippen LogP contribution < -0.4 is 10.6 Å². The minimum Gasteiger partial charge on any atom is -0.364 e. The topological polar surface area (TPSA) is 77.8 Å². The number of amides is 1. The number of hydrogen-bond acceptors (Lipinski definition) is 6. The van der Waals surface area contributed by atoms with Crippen LogP contribution in [0.1, 0.15) is 52.4 Å². The van der Waals surface area contributed by atoms with Gasteiger partial charge in [0.05, 0.1) is 5.56 Å². The van der Waals surface area contributed by atoms with E-state index in [4.69, 9.17) is 0 Å². The molecule has 1 fully saturated rings. The largest absolute Gasteiger partial charge is 0.416 e. The van der Waals surface area contributed by atoms with Crippen molar-refractivity contribution in [3.05, 3.63) is 88.7 Å². The first-order valence-electron chi connectivity index (χ1n) is 13.7. The van der Waals surface area contributed by atoms with Crippen molar-refractivity contribution in [2.45, 2.75) is 39.0 Å². The summed E-state index contributed by atoms with van der Waals surface area (Å²) in [5, 5.41) is 10.5. The Hall–Kier alpha value is -3.96. The Labute approximate surface area is 237 Å². The molecule has 1 saturated heterocycles. The third kappa shape index (κ3) is 7.04. The SMILES string of the molecule is CC(C)c1ccc(C(=O)Nc2cc(CN3CCN(C)CC3)cc(C(F)(F)F)c2)cc1CNc1cc2ncccn2n1. The van der Waals surface area contributed by atoms with Gasteiger partial charge in [0.2, 0.25) is 0 Å². The van der Waals surface area contributed by atoms with Crippen molar-refractivity contribution in [1.82, 2.24) is 24.4 Å². The Morgan fingerprint density at radius 3 is 2.54 bits per heavy atom. The van der Waals surface area contributed by atoms with Gasteiger partial charge in [-0.05, 0) is 66.1 Å². The van der Waals surface area contributed by atoms with Crippen molar-refractivity contribution in [3.63, 3.8) is 0 Å². The predicted molar refractivity (Wildman–Crippen MR) is 153 cm³/mol. The van der Waals surface area contributed by atoms with E-state index in [-0.39, 0.29) is 11.6 Å². The fourth-order valence-corrected chi connectivity index (χ4v) is 5.05. The lowest BCUT2D eigenvalue weighted by molar-refractivity contribution is -0.137. The number of likely N-dealkylation sites (N-methyl/N-ethyl adjacent to an activating group) is 1. The van der Waals surface area contributed by atoms with E-state index in [1.807, 2.05) is 25.4 Å². The van der Waals surface area contributed by atoms with Crippen LogP contribution in [-0.4, -0.2) is 63.5 Å². The van der Waals surface area contributed by atoms with Gasteiger partial charge < -0.3 is 15.5 Å². The van der Waals surface area contributed by atoms with Crippen LogP contribution in [0.4, 0.5) is 24.7 Å². The molecule has 0 saturated carbocycles. The van der Waals surface area contributed by atoms with Gasteiger partial charge in [-0.15, -0.1) is 5.10 Å². The number of hydrogen-bond donors (Lipinski definition) is 2. The molecule has 5 rings (SSSR count). The molecule has 1 aliphatic rings. The van der Waals surface area contributed by atoms with Crippen LogP contribution >= 0.6 is 0 Å². The summed E-state index contributed by atoms with van der Waals surface area (Å²) < 4.78 is 42.9. The van der Waals surface area contributed by atoms with Gasteiger partial charge in [-0.2, -0.15) is 13.2 Å². The zero-order valence-electron chi connectivity index (χ0n) is 23.4. The summed E-state index contributed by atoms with van der Waals surface area (Å²) in [7, 11) is 2.03. The lowest BCUT2D eigenvalue weighted by Crippen LogP contribution is -2.43. The number of anilines is 2. The van der Waals surface area contributed by atoms with Crippen LogP contribution in [0.15, 0.2) is 60.9 Å². The average molecular weight is 566 g/mol. The molecule has 8 nitrogen and oxygen atoms in total. The number of aromatic nitrogens is 3. The molecular weight excluding hydrogens is 531 g/mol. The van der Waals surface area contributed by atoms with Gasteiger partial charge in [0.15, 0.2) is 11.5 Å². The van der Waals surface area contributed by atoms with Gasteiger partial charge in [-0.25, -0.2) is 9.50 Å². The van der Waals surface area contributed by atoms with E-state index >= 15 is 0 Å². The van der Waals surface area contributed by atoms with E-state index in [0.29, 0.717) is 35.7 Å². The van der Waals surface area contributed by atoms with Gasteiger partial charge in [0.25, 0.3) is 5.91 Å². The number of alkyl halides is 3. The number of piperazine rings is 1. The van der Waals surface area contributed by atoms with Crippen LogP contribution in [0, 0.1) is 0 Å². The highest BCUT2D eigenvalue weighted by atomic mass is 19.4. The summed E-state index contributed by atoms with van der Waals surface area (Å²) in [6.45, 7) is 8.21. The number of nitrogens with one attached hydrogen (secondary N) is 2. The third-order valence-electron chi connectivity index (χ3n) is 7.30. The minimum atomic E-state index is -4.53. The molecule has 0 spiro atoms. The van der Waals surface area contributed by atoms with Crippen LogP contribution in [0.5, 0.6) is 0 Å². The summed E-state index contributed by atoms with van der Waals surface area (Å²) in [5.41, 5.74) is 2.89. The van der Waals surface area contributed by atoms with Gasteiger partial charge in [0.1, 0.15) is 0 Å². The van der Waals surface area contributed by atoms with Crippen molar-refractivity contribution in [1.29, 1.82) is 0 Å². The number of fused-ring (bicyclic) bond motifs is 1. The smallest absolute Gasteiger partial charge is 0.364 e. The maximum absolute atomic E-state index is 13.8. The Balaban J connectivity index is 1.35. The minimum absolute atomic E-state index is 0.124. The third-order valence-corrected chi connectivity index (χ3v) is 7.30. The molecule has 4 aromatic rings. The molecule has 2 aromatic carbocycles. The van der Waals surface area contributed by atoms with E-state index in [1.165, 1.54) is 6.07 Å². The monoisotopic (exact) mass is 565 g/mol. The molecule has 1 aliphatic heterocycles. The highest BCUT2D eigenvalue weighted by Gasteiger charge is 2.31. The van der Waals surface area contributed by atoms with E-state index in [0.717, 1.165) is 43.4 Å². The van der Waals surface area contributed by atoms with E-state index in [1.54, 1.807) is 35.0 Å². The zero-order chi connectivity index (χ0) is 29.1. The summed E-state index contributed by atoms with van der Waals surface area (Å²) in [6.07, 6.45) is -1.02. The number of nitrogens with zero attached hydrogens (tertiary/aromatic N) is 5. The molecule has 41 heavy (non-hydrogen) atoms. The molecule has 0 radical (unpaired) electrons. The summed E-state index contributed by atoms with van der Waals surface area (Å²) in [6, 6.07) is 12.8. The number of carbonyl (C=O) groups is 1. The van der Waals surface area contributed by atoms with E-state index < -0.39 is 17.6 Å². The Morgan fingerprint density at radius 2 is 1.83 bits per heavy atom.